The summed E-state index contributed by atoms with van der Waals surface area (Å²) in [7, 11) is 0. The van der Waals surface area contributed by atoms with Gasteiger partial charge in [-0.25, -0.2) is 0 Å². The van der Waals surface area contributed by atoms with Crippen LogP contribution in [0, 0.1) is 0 Å². The number of ketones is 1. The van der Waals surface area contributed by atoms with Gasteiger partial charge >= 0.3 is 0 Å². The number of benzene rings is 2. The Kier molecular flexibility index (Phi) is 3.75. The number of rotatable bonds is 4. The first kappa shape index (κ1) is 15.8. The van der Waals surface area contributed by atoms with Crippen LogP contribution in [-0.2, 0) is 10.2 Å². The average molecular weight is 333 g/mol. The molecule has 2 aromatic rings. The van der Waals surface area contributed by atoms with Crippen LogP contribution in [0.5, 0.6) is 0 Å². The van der Waals surface area contributed by atoms with E-state index in [-0.39, 0.29) is 24.1 Å². The van der Waals surface area contributed by atoms with Crippen LogP contribution in [0.1, 0.15) is 52.0 Å². The second kappa shape index (κ2) is 5.96. The van der Waals surface area contributed by atoms with Crippen molar-refractivity contribution < 1.29 is 14.4 Å². The zero-order chi connectivity index (χ0) is 17.4. The van der Waals surface area contributed by atoms with Crippen molar-refractivity contribution in [3.8, 4) is 0 Å². The zero-order valence-corrected chi connectivity index (χ0v) is 13.9. The third-order valence-electron chi connectivity index (χ3n) is 5.50. The SMILES string of the molecule is O=C1c2ccccc2C(=O)N1CC(=O)C1(c2ccccc2)CCCC1. The van der Waals surface area contributed by atoms with Gasteiger partial charge in [-0.05, 0) is 30.5 Å². The lowest BCUT2D eigenvalue weighted by atomic mass is 9.75. The van der Waals surface area contributed by atoms with Crippen LogP contribution in [0.25, 0.3) is 0 Å². The molecule has 1 aliphatic carbocycles. The smallest absolute Gasteiger partial charge is 0.261 e. The van der Waals surface area contributed by atoms with Gasteiger partial charge in [0.15, 0.2) is 5.78 Å². The molecular formula is C21H19NO3. The van der Waals surface area contributed by atoms with E-state index in [4.69, 9.17) is 0 Å². The largest absolute Gasteiger partial charge is 0.297 e. The highest BCUT2D eigenvalue weighted by atomic mass is 16.2. The average Bonchev–Trinajstić information content (AvgIpc) is 3.24. The third kappa shape index (κ3) is 2.40. The molecule has 0 saturated heterocycles. The Morgan fingerprint density at radius 3 is 1.92 bits per heavy atom. The molecule has 0 bridgehead atoms. The first-order valence-electron chi connectivity index (χ1n) is 8.67. The molecule has 0 unspecified atom stereocenters. The minimum atomic E-state index is -0.573. The van der Waals surface area contributed by atoms with Crippen LogP contribution in [-0.4, -0.2) is 29.0 Å². The number of carbonyl (C=O) groups is 3. The summed E-state index contributed by atoms with van der Waals surface area (Å²) >= 11 is 0. The number of Topliss-reactive ketones (excluding diaryl/α,β-unsaturated/α-hetero) is 1. The maximum absolute atomic E-state index is 13.2. The molecule has 0 aromatic heterocycles. The van der Waals surface area contributed by atoms with Crippen molar-refractivity contribution in [2.24, 2.45) is 0 Å². The third-order valence-corrected chi connectivity index (χ3v) is 5.50. The normalized spacial score (nSPS) is 18.5. The number of hydrogen-bond acceptors (Lipinski definition) is 3. The fraction of sp³-hybridized carbons (Fsp3) is 0.286. The predicted octanol–water partition coefficient (Wildman–Crippen LogP) is 3.36. The molecule has 1 fully saturated rings. The van der Waals surface area contributed by atoms with E-state index in [0.29, 0.717) is 11.1 Å². The van der Waals surface area contributed by atoms with E-state index in [2.05, 4.69) is 0 Å². The molecule has 2 aliphatic rings. The second-order valence-corrected chi connectivity index (χ2v) is 6.82. The summed E-state index contributed by atoms with van der Waals surface area (Å²) in [4.78, 5) is 39.4. The topological polar surface area (TPSA) is 54.5 Å². The molecule has 1 aliphatic heterocycles. The van der Waals surface area contributed by atoms with E-state index in [1.807, 2.05) is 30.3 Å². The van der Waals surface area contributed by atoms with Gasteiger partial charge in [0.25, 0.3) is 11.8 Å². The van der Waals surface area contributed by atoms with Crippen LogP contribution in [0.4, 0.5) is 0 Å². The molecule has 4 nitrogen and oxygen atoms in total. The van der Waals surface area contributed by atoms with Gasteiger partial charge in [0.05, 0.1) is 23.1 Å². The van der Waals surface area contributed by atoms with Crippen LogP contribution in [0.2, 0.25) is 0 Å². The molecule has 2 amide bonds. The molecule has 4 heteroatoms. The van der Waals surface area contributed by atoms with Crippen LogP contribution in [0.3, 0.4) is 0 Å². The van der Waals surface area contributed by atoms with Gasteiger partial charge in [-0.1, -0.05) is 55.3 Å². The predicted molar refractivity (Wildman–Crippen MR) is 93.4 cm³/mol. The van der Waals surface area contributed by atoms with E-state index in [1.165, 1.54) is 0 Å². The van der Waals surface area contributed by atoms with Crippen molar-refractivity contribution in [2.45, 2.75) is 31.1 Å². The molecule has 0 N–H and O–H groups in total. The highest BCUT2D eigenvalue weighted by Crippen LogP contribution is 2.42. The molecule has 2 aromatic carbocycles. The van der Waals surface area contributed by atoms with E-state index >= 15 is 0 Å². The highest BCUT2D eigenvalue weighted by Gasteiger charge is 2.45. The standard InChI is InChI=1S/C21H19NO3/c23-18(21(12-6-7-13-21)15-8-2-1-3-9-15)14-22-19(24)16-10-4-5-11-17(16)20(22)25/h1-5,8-11H,6-7,12-14H2. The highest BCUT2D eigenvalue weighted by molar-refractivity contribution is 6.22. The zero-order valence-electron chi connectivity index (χ0n) is 13.9. The van der Waals surface area contributed by atoms with E-state index < -0.39 is 5.41 Å². The van der Waals surface area contributed by atoms with Gasteiger partial charge in [-0.3, -0.25) is 19.3 Å². The first-order chi connectivity index (χ1) is 12.1. The van der Waals surface area contributed by atoms with Gasteiger partial charge in [-0.15, -0.1) is 0 Å². The molecule has 126 valence electrons. The van der Waals surface area contributed by atoms with Crippen molar-refractivity contribution in [3.63, 3.8) is 0 Å². The van der Waals surface area contributed by atoms with Crippen molar-refractivity contribution in [1.82, 2.24) is 4.90 Å². The number of fused-ring (bicyclic) bond motifs is 1. The Hall–Kier alpha value is -2.75. The lowest BCUT2D eigenvalue weighted by molar-refractivity contribution is -0.124. The van der Waals surface area contributed by atoms with Gasteiger partial charge < -0.3 is 0 Å². The number of imide groups is 1. The quantitative estimate of drug-likeness (QED) is 0.806. The minimum absolute atomic E-state index is 0.0364. The van der Waals surface area contributed by atoms with E-state index in [9.17, 15) is 14.4 Å². The molecule has 0 radical (unpaired) electrons. The van der Waals surface area contributed by atoms with Crippen LogP contribution < -0.4 is 0 Å². The molecule has 1 heterocycles. The Balaban J connectivity index is 1.64. The Morgan fingerprint density at radius 2 is 1.36 bits per heavy atom. The Labute approximate surface area is 146 Å². The fourth-order valence-electron chi connectivity index (χ4n) is 4.14. The Bertz CT molecular complexity index is 815. The van der Waals surface area contributed by atoms with Gasteiger partial charge in [0.2, 0.25) is 0 Å². The summed E-state index contributed by atoms with van der Waals surface area (Å²) in [6, 6.07) is 16.5. The molecule has 0 atom stereocenters. The monoisotopic (exact) mass is 333 g/mol. The first-order valence-corrected chi connectivity index (χ1v) is 8.67. The molecule has 0 spiro atoms. The van der Waals surface area contributed by atoms with Gasteiger partial charge in [0.1, 0.15) is 0 Å². The van der Waals surface area contributed by atoms with E-state index in [0.717, 1.165) is 36.1 Å². The van der Waals surface area contributed by atoms with Crippen molar-refractivity contribution in [2.75, 3.05) is 6.54 Å². The fourth-order valence-corrected chi connectivity index (χ4v) is 4.14. The van der Waals surface area contributed by atoms with Crippen molar-refractivity contribution in [3.05, 3.63) is 71.3 Å². The maximum Gasteiger partial charge on any atom is 0.261 e. The van der Waals surface area contributed by atoms with E-state index in [1.54, 1.807) is 24.3 Å². The van der Waals surface area contributed by atoms with Gasteiger partial charge in [-0.2, -0.15) is 0 Å². The summed E-state index contributed by atoms with van der Waals surface area (Å²) < 4.78 is 0. The molecule has 1 saturated carbocycles. The van der Waals surface area contributed by atoms with Crippen molar-refractivity contribution in [1.29, 1.82) is 0 Å². The minimum Gasteiger partial charge on any atom is -0.297 e. The summed E-state index contributed by atoms with van der Waals surface area (Å²) in [6.07, 6.45) is 3.53. The summed E-state index contributed by atoms with van der Waals surface area (Å²) in [5, 5.41) is 0. The lowest BCUT2D eigenvalue weighted by Gasteiger charge is -2.29. The molecule has 25 heavy (non-hydrogen) atoms. The van der Waals surface area contributed by atoms with Crippen LogP contribution >= 0.6 is 0 Å². The van der Waals surface area contributed by atoms with Gasteiger partial charge in [0, 0.05) is 0 Å². The maximum atomic E-state index is 13.2. The molecular weight excluding hydrogens is 314 g/mol. The lowest BCUT2D eigenvalue weighted by Crippen LogP contribution is -2.43. The number of nitrogens with zero attached hydrogens (tertiary/aromatic N) is 1. The summed E-state index contributed by atoms with van der Waals surface area (Å²) in [5.74, 6) is -0.768. The number of amides is 2. The number of carbonyl (C=O) groups excluding carboxylic acids is 3. The second-order valence-electron chi connectivity index (χ2n) is 6.82. The summed E-state index contributed by atoms with van der Waals surface area (Å²) in [6.45, 7) is -0.152. The van der Waals surface area contributed by atoms with Crippen LogP contribution in [0.15, 0.2) is 54.6 Å². The molecule has 4 rings (SSSR count). The number of hydrogen-bond donors (Lipinski definition) is 0. The summed E-state index contributed by atoms with van der Waals surface area (Å²) in [5.41, 5.74) is 1.20. The van der Waals surface area contributed by atoms with Crippen molar-refractivity contribution >= 4 is 17.6 Å². The Morgan fingerprint density at radius 1 is 0.840 bits per heavy atom.